The zero-order valence-corrected chi connectivity index (χ0v) is 24.5. The van der Waals surface area contributed by atoms with E-state index in [-0.39, 0.29) is 6.04 Å². The van der Waals surface area contributed by atoms with Gasteiger partial charge in [-0.2, -0.15) is 0 Å². The molecular weight excluding hydrogens is 524 g/mol. The number of hydrogen-bond acceptors (Lipinski definition) is 4. The third-order valence-electron chi connectivity index (χ3n) is 8.40. The number of hydrazine groups is 1. The molecule has 4 nitrogen and oxygen atoms in total. The van der Waals surface area contributed by atoms with Crippen molar-refractivity contribution in [2.24, 2.45) is 5.73 Å². The first-order valence-electron chi connectivity index (χ1n) is 14.9. The van der Waals surface area contributed by atoms with Gasteiger partial charge in [-0.25, -0.2) is 0 Å². The van der Waals surface area contributed by atoms with Crippen LogP contribution in [0.5, 0.6) is 0 Å². The number of nitrogens with two attached hydrogens (primary N) is 1. The van der Waals surface area contributed by atoms with Gasteiger partial charge in [-0.15, -0.1) is 0 Å². The maximum Gasteiger partial charge on any atom is 0.0618 e. The Morgan fingerprint density at radius 1 is 0.907 bits per heavy atom. The number of fused-ring (bicyclic) bond motifs is 3. The molecule has 3 atom stereocenters. The van der Waals surface area contributed by atoms with Gasteiger partial charge in [0.25, 0.3) is 0 Å². The summed E-state index contributed by atoms with van der Waals surface area (Å²) in [5.74, 6) is 0.748. The van der Waals surface area contributed by atoms with E-state index in [2.05, 4.69) is 119 Å². The van der Waals surface area contributed by atoms with Gasteiger partial charge in [-0.1, -0.05) is 110 Å². The molecule has 0 bridgehead atoms. The van der Waals surface area contributed by atoms with Crippen molar-refractivity contribution in [3.05, 3.63) is 175 Å². The number of nitrogens with one attached hydrogen (secondary N) is 2. The Balaban J connectivity index is 1.35. The molecule has 3 unspecified atom stereocenters. The fourth-order valence-corrected chi connectivity index (χ4v) is 6.42. The summed E-state index contributed by atoms with van der Waals surface area (Å²) in [5, 5.41) is 0. The van der Waals surface area contributed by atoms with Crippen molar-refractivity contribution in [3.8, 4) is 0 Å². The highest BCUT2D eigenvalue weighted by molar-refractivity contribution is 5.83. The minimum atomic E-state index is 0.269. The van der Waals surface area contributed by atoms with E-state index in [1.165, 1.54) is 22.5 Å². The molecule has 0 amide bonds. The van der Waals surface area contributed by atoms with E-state index in [1.54, 1.807) is 6.20 Å². The molecule has 2 aliphatic rings. The van der Waals surface area contributed by atoms with Gasteiger partial charge in [0, 0.05) is 35.0 Å². The van der Waals surface area contributed by atoms with E-state index in [0.29, 0.717) is 11.8 Å². The summed E-state index contributed by atoms with van der Waals surface area (Å²) in [6.45, 7) is 5.99. The van der Waals surface area contributed by atoms with Crippen LogP contribution in [0.15, 0.2) is 152 Å². The number of hydrogen-bond donors (Lipinski definition) is 3. The predicted octanol–water partition coefficient (Wildman–Crippen LogP) is 9.05. The largest absolute Gasteiger partial charge is 0.404 e. The maximum atomic E-state index is 5.97. The monoisotopic (exact) mass is 562 g/mol. The SMILES string of the molecule is C=C/C=C(\NNc1ccccc1C(/C=C\C)=C\N)c1ccc2c(c1)C1CC(c3ccccc3)C=CC1N2c1ccccc1. The Labute approximate surface area is 255 Å². The second-order valence-corrected chi connectivity index (χ2v) is 10.9. The van der Waals surface area contributed by atoms with E-state index in [4.69, 9.17) is 5.73 Å². The topological polar surface area (TPSA) is 53.3 Å². The second-order valence-electron chi connectivity index (χ2n) is 10.9. The van der Waals surface area contributed by atoms with Crippen LogP contribution in [0.2, 0.25) is 0 Å². The third kappa shape index (κ3) is 5.64. The van der Waals surface area contributed by atoms with Crippen molar-refractivity contribution < 1.29 is 0 Å². The van der Waals surface area contributed by atoms with Crippen LogP contribution in [-0.2, 0) is 0 Å². The molecule has 0 aromatic heterocycles. The smallest absolute Gasteiger partial charge is 0.0618 e. The van der Waals surface area contributed by atoms with Crippen molar-refractivity contribution >= 4 is 28.3 Å². The molecule has 6 rings (SSSR count). The molecule has 0 spiro atoms. The molecule has 4 aromatic carbocycles. The van der Waals surface area contributed by atoms with E-state index in [9.17, 15) is 0 Å². The Hall–Kier alpha value is -5.22. The Kier molecular flexibility index (Phi) is 8.28. The lowest BCUT2D eigenvalue weighted by Gasteiger charge is -2.33. The van der Waals surface area contributed by atoms with Crippen molar-refractivity contribution in [2.45, 2.75) is 31.2 Å². The molecular formula is C39H38N4. The highest BCUT2D eigenvalue weighted by Crippen LogP contribution is 2.52. The number of allylic oxidation sites excluding steroid dienone is 6. The van der Waals surface area contributed by atoms with Gasteiger partial charge in [0.15, 0.2) is 0 Å². The first-order chi connectivity index (χ1) is 21.2. The highest BCUT2D eigenvalue weighted by atomic mass is 15.4. The van der Waals surface area contributed by atoms with Gasteiger partial charge >= 0.3 is 0 Å². The molecule has 1 aliphatic heterocycles. The van der Waals surface area contributed by atoms with Gasteiger partial charge in [0.05, 0.1) is 17.4 Å². The molecule has 1 aliphatic carbocycles. The molecule has 0 saturated carbocycles. The predicted molar refractivity (Wildman–Crippen MR) is 183 cm³/mol. The molecule has 43 heavy (non-hydrogen) atoms. The van der Waals surface area contributed by atoms with Crippen LogP contribution in [0.25, 0.3) is 11.3 Å². The Morgan fingerprint density at radius 2 is 1.65 bits per heavy atom. The number of nitrogens with zero attached hydrogens (tertiary/aromatic N) is 1. The number of rotatable bonds is 9. The van der Waals surface area contributed by atoms with E-state index >= 15 is 0 Å². The Morgan fingerprint density at radius 3 is 2.40 bits per heavy atom. The van der Waals surface area contributed by atoms with Crippen LogP contribution < -0.4 is 21.5 Å². The average molecular weight is 563 g/mol. The lowest BCUT2D eigenvalue weighted by Crippen LogP contribution is -2.31. The molecule has 4 heteroatoms. The quantitative estimate of drug-likeness (QED) is 0.108. The molecule has 0 saturated heterocycles. The van der Waals surface area contributed by atoms with Crippen LogP contribution in [0.3, 0.4) is 0 Å². The third-order valence-corrected chi connectivity index (χ3v) is 8.40. The van der Waals surface area contributed by atoms with E-state index in [0.717, 1.165) is 34.5 Å². The number of benzene rings is 4. The maximum absolute atomic E-state index is 5.97. The summed E-state index contributed by atoms with van der Waals surface area (Å²) in [7, 11) is 0. The zero-order valence-electron chi connectivity index (χ0n) is 24.5. The van der Waals surface area contributed by atoms with Crippen molar-refractivity contribution in [2.75, 3.05) is 10.3 Å². The van der Waals surface area contributed by atoms with E-state index in [1.807, 2.05) is 49.4 Å². The van der Waals surface area contributed by atoms with Crippen LogP contribution in [0.1, 0.15) is 47.4 Å². The Bertz CT molecular complexity index is 1700. The van der Waals surface area contributed by atoms with Gasteiger partial charge in [-0.3, -0.25) is 0 Å². The van der Waals surface area contributed by atoms with Gasteiger partial charge in [0.2, 0.25) is 0 Å². The fourth-order valence-electron chi connectivity index (χ4n) is 6.42. The zero-order chi connectivity index (χ0) is 29.6. The normalized spacial score (nSPS) is 19.7. The molecule has 0 fully saturated rings. The molecule has 1 heterocycles. The van der Waals surface area contributed by atoms with E-state index < -0.39 is 0 Å². The second kappa shape index (κ2) is 12.7. The van der Waals surface area contributed by atoms with Crippen molar-refractivity contribution in [1.29, 1.82) is 0 Å². The van der Waals surface area contributed by atoms with Crippen LogP contribution in [-0.4, -0.2) is 6.04 Å². The summed E-state index contributed by atoms with van der Waals surface area (Å²) in [6.07, 6.45) is 15.4. The first-order valence-corrected chi connectivity index (χ1v) is 14.9. The molecule has 4 N–H and O–H groups in total. The van der Waals surface area contributed by atoms with Crippen molar-refractivity contribution in [3.63, 3.8) is 0 Å². The van der Waals surface area contributed by atoms with Gasteiger partial charge in [-0.05, 0) is 72.0 Å². The molecule has 0 radical (unpaired) electrons. The van der Waals surface area contributed by atoms with Crippen molar-refractivity contribution in [1.82, 2.24) is 5.43 Å². The molecule has 214 valence electrons. The number of para-hydroxylation sites is 2. The number of anilines is 3. The van der Waals surface area contributed by atoms with Gasteiger partial charge < -0.3 is 21.5 Å². The van der Waals surface area contributed by atoms with Gasteiger partial charge in [0.1, 0.15) is 0 Å². The summed E-state index contributed by atoms with van der Waals surface area (Å²) in [5.41, 5.74) is 23.1. The molecule has 4 aromatic rings. The average Bonchev–Trinajstić information content (AvgIpc) is 3.39. The standard InChI is InChI=1S/C39H38N4/c1-3-13-31(27-40)33-19-11-12-20-37(33)42-41-36(14-4-2)30-22-24-39-35(26-30)34-25-29(28-15-7-5-8-16-28)21-23-38(34)43(39)32-17-9-6-10-18-32/h3-24,26-27,29,34,38,41-42H,2,25,40H2,1H3/b13-3-,31-27-,36-14-. The summed E-state index contributed by atoms with van der Waals surface area (Å²) >= 11 is 0. The van der Waals surface area contributed by atoms with Crippen LogP contribution in [0.4, 0.5) is 17.1 Å². The lowest BCUT2D eigenvalue weighted by atomic mass is 9.78. The fraction of sp³-hybridized carbons (Fsp3) is 0.128. The summed E-state index contributed by atoms with van der Waals surface area (Å²) in [4.78, 5) is 2.50. The minimum absolute atomic E-state index is 0.269. The lowest BCUT2D eigenvalue weighted by molar-refractivity contribution is 0.533. The van der Waals surface area contributed by atoms with Crippen LogP contribution >= 0.6 is 0 Å². The first kappa shape index (κ1) is 27.9. The summed E-state index contributed by atoms with van der Waals surface area (Å²) in [6, 6.07) is 36.8. The minimum Gasteiger partial charge on any atom is -0.404 e. The highest BCUT2D eigenvalue weighted by Gasteiger charge is 2.41. The van der Waals surface area contributed by atoms with Crippen LogP contribution in [0, 0.1) is 0 Å². The summed E-state index contributed by atoms with van der Waals surface area (Å²) < 4.78 is 0.